The maximum Gasteiger partial charge on any atom is 0.407 e. The van der Waals surface area contributed by atoms with Crippen LogP contribution in [0.5, 0.6) is 5.75 Å². The van der Waals surface area contributed by atoms with Crippen molar-refractivity contribution in [2.45, 2.75) is 19.5 Å². The van der Waals surface area contributed by atoms with E-state index in [0.717, 1.165) is 0 Å². The van der Waals surface area contributed by atoms with Gasteiger partial charge in [-0.25, -0.2) is 9.59 Å². The molecule has 6 nitrogen and oxygen atoms in total. The Morgan fingerprint density at radius 2 is 2.11 bits per heavy atom. The van der Waals surface area contributed by atoms with Gasteiger partial charge in [0.2, 0.25) is 0 Å². The second-order valence-electron chi connectivity index (χ2n) is 4.20. The second kappa shape index (κ2) is 4.56. The summed E-state index contributed by atoms with van der Waals surface area (Å²) in [6.07, 6.45) is -1.01. The minimum Gasteiger partial charge on any atom is -0.491 e. The number of carboxylic acid groups (broad SMARTS) is 2. The summed E-state index contributed by atoms with van der Waals surface area (Å²) in [4.78, 5) is 23.2. The summed E-state index contributed by atoms with van der Waals surface area (Å²) in [5.41, 5.74) is 0.803. The quantitative estimate of drug-likeness (QED) is 0.792. The predicted octanol–water partition coefficient (Wildman–Crippen LogP) is 1.65. The third kappa shape index (κ3) is 2.22. The number of fused-ring (bicyclic) bond motifs is 1. The lowest BCUT2D eigenvalue weighted by Gasteiger charge is -2.22. The number of hydrogen-bond acceptors (Lipinski definition) is 3. The van der Waals surface area contributed by atoms with Gasteiger partial charge in [0.25, 0.3) is 0 Å². The van der Waals surface area contributed by atoms with E-state index in [1.807, 2.05) is 0 Å². The number of benzene rings is 1. The van der Waals surface area contributed by atoms with Gasteiger partial charge >= 0.3 is 12.1 Å². The van der Waals surface area contributed by atoms with Gasteiger partial charge in [-0.3, -0.25) is 4.90 Å². The molecule has 0 radical (unpaired) electrons. The third-order valence-electron chi connectivity index (χ3n) is 2.91. The smallest absolute Gasteiger partial charge is 0.407 e. The van der Waals surface area contributed by atoms with Crippen LogP contribution < -0.4 is 4.74 Å². The molecule has 2 N–H and O–H groups in total. The molecule has 1 amide bonds. The van der Waals surface area contributed by atoms with Crippen LogP contribution in [0, 0.1) is 0 Å². The van der Waals surface area contributed by atoms with Gasteiger partial charge in [-0.2, -0.15) is 0 Å². The first-order chi connectivity index (χ1) is 8.49. The molecule has 1 aromatic rings. The van der Waals surface area contributed by atoms with Gasteiger partial charge in [0.15, 0.2) is 0 Å². The molecule has 1 aromatic carbocycles. The van der Waals surface area contributed by atoms with Crippen molar-refractivity contribution in [3.8, 4) is 5.75 Å². The lowest BCUT2D eigenvalue weighted by molar-refractivity contribution is 0.0696. The van der Waals surface area contributed by atoms with Gasteiger partial charge in [0.05, 0.1) is 18.2 Å². The molecule has 18 heavy (non-hydrogen) atoms. The van der Waals surface area contributed by atoms with Crippen molar-refractivity contribution in [1.29, 1.82) is 0 Å². The van der Waals surface area contributed by atoms with E-state index in [9.17, 15) is 9.59 Å². The maximum atomic E-state index is 11.1. The SMILES string of the molecule is CC1COc2cc(C(=O)O)ccc2CN1C(=O)O. The molecule has 2 rings (SSSR count). The van der Waals surface area contributed by atoms with Crippen LogP contribution in [0.4, 0.5) is 4.79 Å². The van der Waals surface area contributed by atoms with E-state index in [-0.39, 0.29) is 24.8 Å². The molecule has 1 heterocycles. The molecule has 0 aromatic heterocycles. The minimum absolute atomic E-state index is 0.130. The average molecular weight is 251 g/mol. The van der Waals surface area contributed by atoms with Crippen LogP contribution in [-0.4, -0.2) is 39.8 Å². The van der Waals surface area contributed by atoms with Crippen molar-refractivity contribution >= 4 is 12.1 Å². The Morgan fingerprint density at radius 1 is 1.39 bits per heavy atom. The van der Waals surface area contributed by atoms with Crippen LogP contribution in [0.2, 0.25) is 0 Å². The van der Waals surface area contributed by atoms with E-state index in [0.29, 0.717) is 11.3 Å². The van der Waals surface area contributed by atoms with E-state index in [2.05, 4.69) is 0 Å². The lowest BCUT2D eigenvalue weighted by atomic mass is 10.1. The topological polar surface area (TPSA) is 87.1 Å². The van der Waals surface area contributed by atoms with Crippen molar-refractivity contribution in [3.63, 3.8) is 0 Å². The molecular formula is C12H13NO5. The van der Waals surface area contributed by atoms with Crippen LogP contribution in [-0.2, 0) is 6.54 Å². The number of carbonyl (C=O) groups is 2. The molecule has 96 valence electrons. The number of ether oxygens (including phenoxy) is 1. The predicted molar refractivity (Wildman–Crippen MR) is 61.9 cm³/mol. The number of hydrogen-bond donors (Lipinski definition) is 2. The van der Waals surface area contributed by atoms with Gasteiger partial charge in [-0.15, -0.1) is 0 Å². The third-order valence-corrected chi connectivity index (χ3v) is 2.91. The number of nitrogens with zero attached hydrogens (tertiary/aromatic N) is 1. The fourth-order valence-corrected chi connectivity index (χ4v) is 1.85. The Hall–Kier alpha value is -2.24. The summed E-state index contributed by atoms with van der Waals surface area (Å²) in [5, 5.41) is 18.0. The lowest BCUT2D eigenvalue weighted by Crippen LogP contribution is -2.38. The summed E-state index contributed by atoms with van der Waals surface area (Å²) >= 11 is 0. The molecule has 0 saturated heterocycles. The van der Waals surface area contributed by atoms with Gasteiger partial charge in [-0.05, 0) is 19.1 Å². The fourth-order valence-electron chi connectivity index (χ4n) is 1.85. The largest absolute Gasteiger partial charge is 0.491 e. The van der Waals surface area contributed by atoms with E-state index in [4.69, 9.17) is 14.9 Å². The number of rotatable bonds is 1. The normalized spacial score (nSPS) is 18.5. The van der Waals surface area contributed by atoms with Gasteiger partial charge in [-0.1, -0.05) is 6.07 Å². The molecule has 0 spiro atoms. The molecule has 0 saturated carbocycles. The zero-order valence-electron chi connectivity index (χ0n) is 9.79. The summed E-state index contributed by atoms with van der Waals surface area (Å²) in [6.45, 7) is 2.16. The van der Waals surface area contributed by atoms with E-state index in [1.54, 1.807) is 13.0 Å². The van der Waals surface area contributed by atoms with Crippen LogP contribution in [0.25, 0.3) is 0 Å². The van der Waals surface area contributed by atoms with Crippen molar-refractivity contribution in [3.05, 3.63) is 29.3 Å². The minimum atomic E-state index is -1.03. The standard InChI is InChI=1S/C12H13NO5/c1-7-6-18-10-4-8(11(14)15)2-3-9(10)5-13(7)12(16)17/h2-4,7H,5-6H2,1H3,(H,14,15)(H,16,17). The number of amides is 1. The van der Waals surface area contributed by atoms with Crippen molar-refractivity contribution in [1.82, 2.24) is 4.90 Å². The van der Waals surface area contributed by atoms with E-state index >= 15 is 0 Å². The molecule has 0 fully saturated rings. The molecular weight excluding hydrogens is 238 g/mol. The molecule has 0 aliphatic carbocycles. The summed E-state index contributed by atoms with van der Waals surface area (Å²) in [6, 6.07) is 4.19. The number of aromatic carboxylic acids is 1. The molecule has 0 bridgehead atoms. The van der Waals surface area contributed by atoms with Crippen molar-refractivity contribution < 1.29 is 24.5 Å². The maximum absolute atomic E-state index is 11.1. The zero-order chi connectivity index (χ0) is 13.3. The Kier molecular flexibility index (Phi) is 3.10. The first-order valence-corrected chi connectivity index (χ1v) is 5.47. The molecule has 1 unspecified atom stereocenters. The van der Waals surface area contributed by atoms with Gasteiger partial charge in [0.1, 0.15) is 12.4 Å². The Bertz CT molecular complexity index is 499. The number of carboxylic acids is 1. The summed E-state index contributed by atoms with van der Waals surface area (Å²) in [5.74, 6) is -0.598. The highest BCUT2D eigenvalue weighted by molar-refractivity contribution is 5.88. The van der Waals surface area contributed by atoms with Crippen LogP contribution in [0.15, 0.2) is 18.2 Å². The second-order valence-corrected chi connectivity index (χ2v) is 4.20. The molecule has 1 aliphatic rings. The highest BCUT2D eigenvalue weighted by Gasteiger charge is 2.25. The van der Waals surface area contributed by atoms with Crippen LogP contribution >= 0.6 is 0 Å². The monoisotopic (exact) mass is 251 g/mol. The summed E-state index contributed by atoms with van der Waals surface area (Å²) < 4.78 is 5.46. The molecule has 1 aliphatic heterocycles. The Labute approximate surface area is 103 Å². The average Bonchev–Trinajstić information content (AvgIpc) is 2.48. The Balaban J connectivity index is 2.36. The van der Waals surface area contributed by atoms with Gasteiger partial charge < -0.3 is 14.9 Å². The Morgan fingerprint density at radius 3 is 2.72 bits per heavy atom. The molecule has 6 heteroatoms. The van der Waals surface area contributed by atoms with Crippen LogP contribution in [0.1, 0.15) is 22.8 Å². The van der Waals surface area contributed by atoms with Crippen molar-refractivity contribution in [2.24, 2.45) is 0 Å². The zero-order valence-corrected chi connectivity index (χ0v) is 9.79. The van der Waals surface area contributed by atoms with Gasteiger partial charge in [0, 0.05) is 5.56 Å². The highest BCUT2D eigenvalue weighted by atomic mass is 16.5. The highest BCUT2D eigenvalue weighted by Crippen LogP contribution is 2.26. The fraction of sp³-hybridized carbons (Fsp3) is 0.333. The first kappa shape index (κ1) is 12.2. The summed E-state index contributed by atoms with van der Waals surface area (Å²) in [7, 11) is 0. The van der Waals surface area contributed by atoms with E-state index in [1.165, 1.54) is 17.0 Å². The first-order valence-electron chi connectivity index (χ1n) is 5.47. The van der Waals surface area contributed by atoms with Crippen molar-refractivity contribution in [2.75, 3.05) is 6.61 Å². The molecule has 1 atom stereocenters. The van der Waals surface area contributed by atoms with Crippen LogP contribution in [0.3, 0.4) is 0 Å². The van der Waals surface area contributed by atoms with E-state index < -0.39 is 12.1 Å².